The van der Waals surface area contributed by atoms with Gasteiger partial charge in [-0.1, -0.05) is 36.4 Å². The maximum Gasteiger partial charge on any atom is 0.343 e. The molecule has 11 heteroatoms. The quantitative estimate of drug-likeness (QED) is 0.129. The zero-order chi connectivity index (χ0) is 27.6. The number of carbonyl (C=O) groups excluding carboxylic acids is 1. The minimum atomic E-state index is -0.463. The molecule has 0 unspecified atom stereocenters. The van der Waals surface area contributed by atoms with Crippen molar-refractivity contribution in [3.63, 3.8) is 0 Å². The largest absolute Gasteiger partial charge is 0.490 e. The van der Waals surface area contributed by atoms with Crippen molar-refractivity contribution in [2.75, 3.05) is 48.6 Å². The number of ether oxygens (including phenoxy) is 3. The molecule has 1 aliphatic heterocycles. The molecule has 0 bridgehead atoms. The van der Waals surface area contributed by atoms with Crippen LogP contribution in [0, 0.1) is 0 Å². The van der Waals surface area contributed by atoms with Crippen molar-refractivity contribution in [1.29, 1.82) is 0 Å². The van der Waals surface area contributed by atoms with E-state index in [9.17, 15) is 4.79 Å². The van der Waals surface area contributed by atoms with Gasteiger partial charge in [0.25, 0.3) is 0 Å². The molecule has 1 aliphatic rings. The molecule has 2 N–H and O–H groups in total. The van der Waals surface area contributed by atoms with Gasteiger partial charge < -0.3 is 24.4 Å². The lowest BCUT2D eigenvalue weighted by molar-refractivity contribution is 0.0728. The molecule has 1 aromatic heterocycles. The van der Waals surface area contributed by atoms with Crippen LogP contribution in [-0.4, -0.2) is 60.0 Å². The third kappa shape index (κ3) is 7.08. The number of para-hydroxylation sites is 1. The number of morpholine rings is 1. The zero-order valence-electron chi connectivity index (χ0n) is 22.0. The Morgan fingerprint density at radius 2 is 1.68 bits per heavy atom. The zero-order valence-corrected chi connectivity index (χ0v) is 22.0. The van der Waals surface area contributed by atoms with Gasteiger partial charge in [0.1, 0.15) is 0 Å². The number of benzene rings is 3. The number of esters is 1. The molecular weight excluding hydrogens is 510 g/mol. The Balaban J connectivity index is 1.32. The van der Waals surface area contributed by atoms with Crippen molar-refractivity contribution >= 4 is 35.7 Å². The van der Waals surface area contributed by atoms with Crippen molar-refractivity contribution in [3.8, 4) is 11.5 Å². The number of carbonyl (C=O) groups is 1. The van der Waals surface area contributed by atoms with Crippen LogP contribution in [0.2, 0.25) is 0 Å². The number of aromatic nitrogens is 3. The second-order valence-corrected chi connectivity index (χ2v) is 8.64. The van der Waals surface area contributed by atoms with Crippen LogP contribution in [0.15, 0.2) is 84.0 Å². The normalized spacial score (nSPS) is 13.2. The van der Waals surface area contributed by atoms with Gasteiger partial charge in [0.05, 0.1) is 31.6 Å². The number of nitrogens with one attached hydrogen (secondary N) is 2. The molecule has 0 aliphatic carbocycles. The number of rotatable bonds is 10. The molecule has 5 rings (SSSR count). The summed E-state index contributed by atoms with van der Waals surface area (Å²) in [7, 11) is 0. The molecular formula is C29H29N7O4. The maximum absolute atomic E-state index is 12.5. The van der Waals surface area contributed by atoms with Gasteiger partial charge in [-0.2, -0.15) is 20.1 Å². The number of hydrogen-bond acceptors (Lipinski definition) is 11. The summed E-state index contributed by atoms with van der Waals surface area (Å²) in [5.74, 6) is 1.49. The first-order valence-corrected chi connectivity index (χ1v) is 12.9. The molecule has 0 amide bonds. The maximum atomic E-state index is 12.5. The second-order valence-electron chi connectivity index (χ2n) is 8.64. The van der Waals surface area contributed by atoms with Gasteiger partial charge in [-0.3, -0.25) is 0 Å². The average molecular weight is 540 g/mol. The van der Waals surface area contributed by atoms with E-state index in [4.69, 9.17) is 14.2 Å². The SMILES string of the molecule is CCOc1cc(/C=N\Nc2nc(Nc3ccccc3)nc(N3CCOCC3)n2)ccc1OC(=O)c1ccccc1. The molecule has 0 spiro atoms. The molecule has 40 heavy (non-hydrogen) atoms. The van der Waals surface area contributed by atoms with Gasteiger partial charge in [-0.05, 0) is 55.0 Å². The number of nitrogens with zero attached hydrogens (tertiary/aromatic N) is 5. The van der Waals surface area contributed by atoms with Gasteiger partial charge in [-0.25, -0.2) is 10.2 Å². The van der Waals surface area contributed by atoms with E-state index in [0.29, 0.717) is 61.9 Å². The fourth-order valence-corrected chi connectivity index (χ4v) is 3.88. The minimum Gasteiger partial charge on any atom is -0.490 e. The predicted molar refractivity (Wildman–Crippen MR) is 153 cm³/mol. The summed E-state index contributed by atoms with van der Waals surface area (Å²) >= 11 is 0. The molecule has 204 valence electrons. The van der Waals surface area contributed by atoms with Gasteiger partial charge in [0, 0.05) is 18.8 Å². The number of anilines is 4. The number of hydrogen-bond donors (Lipinski definition) is 2. The van der Waals surface area contributed by atoms with E-state index in [0.717, 1.165) is 11.3 Å². The van der Waals surface area contributed by atoms with Gasteiger partial charge in [0.2, 0.25) is 17.8 Å². The van der Waals surface area contributed by atoms with Crippen LogP contribution in [0.3, 0.4) is 0 Å². The van der Waals surface area contributed by atoms with Gasteiger partial charge >= 0.3 is 5.97 Å². The van der Waals surface area contributed by atoms with Crippen molar-refractivity contribution in [1.82, 2.24) is 15.0 Å². The summed E-state index contributed by atoms with van der Waals surface area (Å²) in [5, 5.41) is 7.54. The summed E-state index contributed by atoms with van der Waals surface area (Å²) < 4.78 is 16.8. The van der Waals surface area contributed by atoms with E-state index in [2.05, 4.69) is 30.8 Å². The van der Waals surface area contributed by atoms with Gasteiger partial charge in [0.15, 0.2) is 11.5 Å². The van der Waals surface area contributed by atoms with Crippen molar-refractivity contribution in [2.45, 2.75) is 6.92 Å². The minimum absolute atomic E-state index is 0.282. The number of hydrazone groups is 1. The summed E-state index contributed by atoms with van der Waals surface area (Å²) in [6, 6.07) is 23.7. The summed E-state index contributed by atoms with van der Waals surface area (Å²) in [6.45, 7) is 4.83. The summed E-state index contributed by atoms with van der Waals surface area (Å²) in [6.07, 6.45) is 1.60. The Morgan fingerprint density at radius 3 is 2.42 bits per heavy atom. The third-order valence-corrected chi connectivity index (χ3v) is 5.81. The van der Waals surface area contributed by atoms with Crippen LogP contribution in [0.4, 0.5) is 23.5 Å². The first-order valence-electron chi connectivity index (χ1n) is 12.9. The summed E-state index contributed by atoms with van der Waals surface area (Å²) in [5.41, 5.74) is 4.93. The highest BCUT2D eigenvalue weighted by Crippen LogP contribution is 2.29. The van der Waals surface area contributed by atoms with Crippen LogP contribution < -0.4 is 25.1 Å². The molecule has 1 fully saturated rings. The van der Waals surface area contributed by atoms with Crippen LogP contribution in [0.25, 0.3) is 0 Å². The Kier molecular flexibility index (Phi) is 8.74. The first kappa shape index (κ1) is 26.6. The van der Waals surface area contributed by atoms with Crippen LogP contribution in [0.1, 0.15) is 22.8 Å². The highest BCUT2D eigenvalue weighted by molar-refractivity contribution is 5.91. The Hall–Kier alpha value is -5.03. The molecule has 1 saturated heterocycles. The highest BCUT2D eigenvalue weighted by atomic mass is 16.6. The predicted octanol–water partition coefficient (Wildman–Crippen LogP) is 4.52. The van der Waals surface area contributed by atoms with E-state index < -0.39 is 5.97 Å². The Labute approximate surface area is 231 Å². The van der Waals surface area contributed by atoms with E-state index in [1.165, 1.54) is 0 Å². The average Bonchev–Trinajstić information content (AvgIpc) is 3.00. The fourth-order valence-electron chi connectivity index (χ4n) is 3.88. The van der Waals surface area contributed by atoms with Gasteiger partial charge in [-0.15, -0.1) is 0 Å². The Morgan fingerprint density at radius 1 is 0.950 bits per heavy atom. The smallest absolute Gasteiger partial charge is 0.343 e. The molecule has 3 aromatic carbocycles. The monoisotopic (exact) mass is 539 g/mol. The Bertz CT molecular complexity index is 1450. The molecule has 0 radical (unpaired) electrons. The lowest BCUT2D eigenvalue weighted by atomic mass is 10.2. The molecule has 2 heterocycles. The van der Waals surface area contributed by atoms with Crippen LogP contribution in [0.5, 0.6) is 11.5 Å². The van der Waals surface area contributed by atoms with Crippen molar-refractivity contribution in [3.05, 3.63) is 90.0 Å². The molecule has 4 aromatic rings. The fraction of sp³-hybridized carbons (Fsp3) is 0.207. The van der Waals surface area contributed by atoms with E-state index in [1.54, 1.807) is 48.7 Å². The van der Waals surface area contributed by atoms with Crippen LogP contribution >= 0.6 is 0 Å². The standard InChI is InChI=1S/C29H29N7O4/c1-2-39-25-19-21(13-14-24(25)40-26(37)22-9-5-3-6-10-22)20-30-35-28-32-27(31-23-11-7-4-8-12-23)33-29(34-28)36-15-17-38-18-16-36/h3-14,19-20H,2,15-18H2,1H3,(H2,31,32,33,34,35)/b30-20-. The highest BCUT2D eigenvalue weighted by Gasteiger charge is 2.17. The first-order chi connectivity index (χ1) is 19.7. The lowest BCUT2D eigenvalue weighted by Crippen LogP contribution is -2.37. The molecule has 0 atom stereocenters. The lowest BCUT2D eigenvalue weighted by Gasteiger charge is -2.27. The third-order valence-electron chi connectivity index (χ3n) is 5.81. The van der Waals surface area contributed by atoms with E-state index in [-0.39, 0.29) is 5.95 Å². The summed E-state index contributed by atoms with van der Waals surface area (Å²) in [4.78, 5) is 28.2. The van der Waals surface area contributed by atoms with Crippen LogP contribution in [-0.2, 0) is 4.74 Å². The van der Waals surface area contributed by atoms with E-state index in [1.807, 2.05) is 48.2 Å². The molecule has 0 saturated carbocycles. The van der Waals surface area contributed by atoms with Crippen molar-refractivity contribution < 1.29 is 19.0 Å². The second kappa shape index (κ2) is 13.2. The topological polar surface area (TPSA) is 123 Å². The van der Waals surface area contributed by atoms with Crippen molar-refractivity contribution in [2.24, 2.45) is 5.10 Å². The molecule has 11 nitrogen and oxygen atoms in total. The van der Waals surface area contributed by atoms with E-state index >= 15 is 0 Å².